The highest BCUT2D eigenvalue weighted by molar-refractivity contribution is 5.92. The van der Waals surface area contributed by atoms with E-state index in [1.165, 1.54) is 4.57 Å². The number of hydrogen-bond donors (Lipinski definition) is 1. The summed E-state index contributed by atoms with van der Waals surface area (Å²) in [6.07, 6.45) is 1.72. The van der Waals surface area contributed by atoms with Crippen molar-refractivity contribution in [1.29, 1.82) is 0 Å². The van der Waals surface area contributed by atoms with E-state index in [-0.39, 0.29) is 24.1 Å². The molecular formula is C23H26N2O3. The number of hydrogen-bond acceptors (Lipinski definition) is 3. The highest BCUT2D eigenvalue weighted by atomic mass is 16.5. The Bertz CT molecular complexity index is 1050. The maximum Gasteiger partial charge on any atom is 0.258 e. The third kappa shape index (κ3) is 4.42. The number of nitrogens with one attached hydrogen (secondary N) is 1. The van der Waals surface area contributed by atoms with Gasteiger partial charge in [-0.3, -0.25) is 9.59 Å². The molecular weight excluding hydrogens is 352 g/mol. The number of carbonyl (C=O) groups is 1. The molecule has 3 aromatic rings. The molecule has 5 heteroatoms. The van der Waals surface area contributed by atoms with Gasteiger partial charge in [-0.05, 0) is 61.0 Å². The molecule has 0 saturated carbocycles. The van der Waals surface area contributed by atoms with Crippen LogP contribution in [0, 0.1) is 0 Å². The van der Waals surface area contributed by atoms with Crippen LogP contribution in [0.25, 0.3) is 10.8 Å². The second-order valence-corrected chi connectivity index (χ2v) is 7.45. The number of ether oxygens (including phenoxy) is 1. The van der Waals surface area contributed by atoms with Gasteiger partial charge >= 0.3 is 0 Å². The topological polar surface area (TPSA) is 60.3 Å². The maximum atomic E-state index is 12.8. The van der Waals surface area contributed by atoms with Gasteiger partial charge in [-0.25, -0.2) is 0 Å². The minimum absolute atomic E-state index is 0.0363. The first kappa shape index (κ1) is 19.7. The van der Waals surface area contributed by atoms with Crippen molar-refractivity contribution in [2.45, 2.75) is 46.3 Å². The first-order chi connectivity index (χ1) is 13.3. The molecule has 5 nitrogen and oxygen atoms in total. The number of carbonyl (C=O) groups excluding carboxylic acids is 1. The first-order valence-corrected chi connectivity index (χ1v) is 9.54. The molecule has 28 heavy (non-hydrogen) atoms. The zero-order valence-electron chi connectivity index (χ0n) is 16.7. The van der Waals surface area contributed by atoms with Gasteiger partial charge in [0.25, 0.3) is 5.56 Å². The summed E-state index contributed by atoms with van der Waals surface area (Å²) in [5.74, 6) is 0.791. The molecule has 0 atom stereocenters. The highest BCUT2D eigenvalue weighted by Crippen LogP contribution is 2.23. The number of amides is 1. The number of para-hydroxylation sites is 1. The third-order valence-electron chi connectivity index (χ3n) is 4.49. The number of fused-ring (bicyclic) bond motifs is 1. The Balaban J connectivity index is 1.82. The van der Waals surface area contributed by atoms with E-state index in [4.69, 9.17) is 4.74 Å². The summed E-state index contributed by atoms with van der Waals surface area (Å²) in [5.41, 5.74) is 1.66. The lowest BCUT2D eigenvalue weighted by Crippen LogP contribution is -2.27. The molecule has 1 amide bonds. The quantitative estimate of drug-likeness (QED) is 0.684. The lowest BCUT2D eigenvalue weighted by molar-refractivity contribution is -0.116. The van der Waals surface area contributed by atoms with Crippen LogP contribution in [0.2, 0.25) is 0 Å². The van der Waals surface area contributed by atoms with Crippen molar-refractivity contribution in [2.75, 3.05) is 5.32 Å². The molecule has 0 spiro atoms. The van der Waals surface area contributed by atoms with E-state index < -0.39 is 0 Å². The van der Waals surface area contributed by atoms with Crippen LogP contribution < -0.4 is 15.6 Å². The van der Waals surface area contributed by atoms with Gasteiger partial charge in [0, 0.05) is 17.3 Å². The zero-order chi connectivity index (χ0) is 20.3. The van der Waals surface area contributed by atoms with E-state index in [9.17, 15) is 9.59 Å². The molecule has 0 saturated heterocycles. The van der Waals surface area contributed by atoms with Crippen LogP contribution >= 0.6 is 0 Å². The SMILES string of the molecule is CC(C)Oc1ccc2c(=O)n(CC(=O)Nc3ccccc3C(C)C)ccc2c1. The Hall–Kier alpha value is -3.08. The largest absolute Gasteiger partial charge is 0.491 e. The molecule has 1 heterocycles. The van der Waals surface area contributed by atoms with E-state index in [0.29, 0.717) is 11.3 Å². The van der Waals surface area contributed by atoms with Crippen LogP contribution in [0.1, 0.15) is 39.2 Å². The summed E-state index contributed by atoms with van der Waals surface area (Å²) in [6, 6.07) is 14.9. The van der Waals surface area contributed by atoms with Crippen molar-refractivity contribution in [3.63, 3.8) is 0 Å². The van der Waals surface area contributed by atoms with E-state index >= 15 is 0 Å². The van der Waals surface area contributed by atoms with Gasteiger partial charge in [-0.15, -0.1) is 0 Å². The van der Waals surface area contributed by atoms with E-state index in [1.807, 2.05) is 50.2 Å². The minimum atomic E-state index is -0.227. The summed E-state index contributed by atoms with van der Waals surface area (Å²) in [5, 5.41) is 4.29. The van der Waals surface area contributed by atoms with Crippen LogP contribution in [-0.2, 0) is 11.3 Å². The normalized spacial score (nSPS) is 11.2. The summed E-state index contributed by atoms with van der Waals surface area (Å²) >= 11 is 0. The van der Waals surface area contributed by atoms with Gasteiger partial charge in [0.15, 0.2) is 0 Å². The molecule has 0 unspecified atom stereocenters. The fourth-order valence-corrected chi connectivity index (χ4v) is 3.19. The maximum absolute atomic E-state index is 12.8. The van der Waals surface area contributed by atoms with Gasteiger partial charge in [0.1, 0.15) is 12.3 Å². The standard InChI is InChI=1S/C23H26N2O3/c1-15(2)19-7-5-6-8-21(19)24-22(26)14-25-12-11-17-13-18(28-16(3)4)9-10-20(17)23(25)27/h5-13,15-16H,14H2,1-4H3,(H,24,26). The number of nitrogens with zero attached hydrogens (tertiary/aromatic N) is 1. The molecule has 3 rings (SSSR count). The number of anilines is 1. The van der Waals surface area contributed by atoms with Gasteiger partial charge in [-0.1, -0.05) is 32.0 Å². The van der Waals surface area contributed by atoms with Crippen molar-refractivity contribution in [3.8, 4) is 5.75 Å². The lowest BCUT2D eigenvalue weighted by Gasteiger charge is -2.14. The van der Waals surface area contributed by atoms with Gasteiger partial charge in [0.2, 0.25) is 5.91 Å². The predicted octanol–water partition coefficient (Wildman–Crippen LogP) is 4.55. The van der Waals surface area contributed by atoms with Gasteiger partial charge in [-0.2, -0.15) is 0 Å². The fourth-order valence-electron chi connectivity index (χ4n) is 3.19. The molecule has 0 aliphatic heterocycles. The van der Waals surface area contributed by atoms with E-state index in [2.05, 4.69) is 19.2 Å². The molecule has 0 aliphatic carbocycles. The minimum Gasteiger partial charge on any atom is -0.491 e. The first-order valence-electron chi connectivity index (χ1n) is 9.54. The fraction of sp³-hybridized carbons (Fsp3) is 0.304. The Morgan fingerprint density at radius 3 is 2.54 bits per heavy atom. The van der Waals surface area contributed by atoms with E-state index in [0.717, 1.165) is 22.4 Å². The van der Waals surface area contributed by atoms with Crippen molar-refractivity contribution in [1.82, 2.24) is 4.57 Å². The Kier molecular flexibility index (Phi) is 5.83. The van der Waals surface area contributed by atoms with E-state index in [1.54, 1.807) is 18.3 Å². The lowest BCUT2D eigenvalue weighted by atomic mass is 10.0. The molecule has 146 valence electrons. The second kappa shape index (κ2) is 8.30. The predicted molar refractivity (Wildman–Crippen MR) is 113 cm³/mol. The number of pyridine rings is 1. The molecule has 2 aromatic carbocycles. The molecule has 0 aliphatic rings. The Morgan fingerprint density at radius 1 is 1.07 bits per heavy atom. The highest BCUT2D eigenvalue weighted by Gasteiger charge is 2.12. The van der Waals surface area contributed by atoms with Crippen LogP contribution in [0.15, 0.2) is 59.5 Å². The molecule has 1 aromatic heterocycles. The number of aromatic nitrogens is 1. The Morgan fingerprint density at radius 2 is 1.82 bits per heavy atom. The average molecular weight is 378 g/mol. The average Bonchev–Trinajstić information content (AvgIpc) is 2.64. The van der Waals surface area contributed by atoms with Crippen molar-refractivity contribution < 1.29 is 9.53 Å². The van der Waals surface area contributed by atoms with Crippen molar-refractivity contribution in [3.05, 3.63) is 70.6 Å². The van der Waals surface area contributed by atoms with Crippen molar-refractivity contribution >= 4 is 22.4 Å². The summed E-state index contributed by atoms with van der Waals surface area (Å²) in [6.45, 7) is 8.04. The van der Waals surface area contributed by atoms with Gasteiger partial charge in [0.05, 0.1) is 6.10 Å². The number of benzene rings is 2. The summed E-state index contributed by atoms with van der Waals surface area (Å²) in [4.78, 5) is 25.3. The second-order valence-electron chi connectivity index (χ2n) is 7.45. The molecule has 0 fully saturated rings. The number of rotatable bonds is 6. The van der Waals surface area contributed by atoms with Crippen LogP contribution in [0.3, 0.4) is 0 Å². The third-order valence-corrected chi connectivity index (χ3v) is 4.49. The van der Waals surface area contributed by atoms with Crippen LogP contribution in [0.4, 0.5) is 5.69 Å². The van der Waals surface area contributed by atoms with Crippen LogP contribution in [-0.4, -0.2) is 16.6 Å². The van der Waals surface area contributed by atoms with Gasteiger partial charge < -0.3 is 14.6 Å². The van der Waals surface area contributed by atoms with Crippen molar-refractivity contribution in [2.24, 2.45) is 0 Å². The smallest absolute Gasteiger partial charge is 0.258 e. The monoisotopic (exact) mass is 378 g/mol. The molecule has 0 bridgehead atoms. The Labute approximate surface area is 165 Å². The summed E-state index contributed by atoms with van der Waals surface area (Å²) < 4.78 is 7.11. The zero-order valence-corrected chi connectivity index (χ0v) is 16.7. The summed E-state index contributed by atoms with van der Waals surface area (Å²) in [7, 11) is 0. The van der Waals surface area contributed by atoms with Crippen LogP contribution in [0.5, 0.6) is 5.75 Å². The molecule has 1 N–H and O–H groups in total. The molecule has 0 radical (unpaired) electrons.